The van der Waals surface area contributed by atoms with Crippen molar-refractivity contribution in [1.82, 2.24) is 4.90 Å². The molecule has 0 aliphatic rings. The van der Waals surface area contributed by atoms with Gasteiger partial charge in [0.05, 0.1) is 25.3 Å². The monoisotopic (exact) mass is 527 g/mol. The summed E-state index contributed by atoms with van der Waals surface area (Å²) < 4.78 is 11.7. The molecule has 2 aromatic rings. The summed E-state index contributed by atoms with van der Waals surface area (Å²) in [5, 5.41) is 23.1. The van der Waals surface area contributed by atoms with Gasteiger partial charge in [-0.25, -0.2) is 5.53 Å². The number of carbonyl (C=O) groups excluding carboxylic acids is 1. The molecule has 3 N–H and O–H groups in total. The first-order chi connectivity index (χ1) is 18.1. The lowest BCUT2D eigenvalue weighted by Gasteiger charge is -2.31. The number of hydrogen-bond donors (Lipinski definition) is 3. The van der Waals surface area contributed by atoms with Gasteiger partial charge in [-0.1, -0.05) is 12.1 Å². The standard InChI is InChI=1S/C29H41N3O6/c1-20(2)32(21(3)4)29(36)25-17-23(9-8-10-28(34)35)27(18-26(25)33)38-16-7-5-6-15-37-24-13-11-22(12-14-24)19-31-30/h11-14,17-18,20-21,30,33H,5-10,15-16,19H2,1-4H3,(H,34,35). The van der Waals surface area contributed by atoms with E-state index in [1.54, 1.807) is 11.0 Å². The number of carbonyl (C=O) groups is 2. The molecule has 0 aliphatic heterocycles. The third kappa shape index (κ3) is 9.68. The van der Waals surface area contributed by atoms with Crippen LogP contribution in [0.5, 0.6) is 17.2 Å². The first kappa shape index (κ1) is 30.6. The second kappa shape index (κ2) is 15.6. The summed E-state index contributed by atoms with van der Waals surface area (Å²) in [5.41, 5.74) is 8.79. The van der Waals surface area contributed by atoms with Gasteiger partial charge in [0, 0.05) is 24.6 Å². The lowest BCUT2D eigenvalue weighted by atomic mass is 10.0. The van der Waals surface area contributed by atoms with Crippen molar-refractivity contribution in [1.29, 1.82) is 5.53 Å². The van der Waals surface area contributed by atoms with Crippen molar-refractivity contribution in [2.24, 2.45) is 5.11 Å². The Bertz CT molecular complexity index is 1050. The van der Waals surface area contributed by atoms with Crippen molar-refractivity contribution in [3.05, 3.63) is 53.1 Å². The third-order valence-electron chi connectivity index (χ3n) is 6.09. The molecule has 0 bridgehead atoms. The highest BCUT2D eigenvalue weighted by Crippen LogP contribution is 2.31. The number of phenolic OH excluding ortho intramolecular Hbond substituents is 1. The van der Waals surface area contributed by atoms with Gasteiger partial charge in [-0.3, -0.25) is 9.59 Å². The van der Waals surface area contributed by atoms with E-state index >= 15 is 0 Å². The Labute approximate surface area is 225 Å². The molecule has 9 nitrogen and oxygen atoms in total. The molecule has 9 heteroatoms. The van der Waals surface area contributed by atoms with Crippen LogP contribution >= 0.6 is 0 Å². The minimum absolute atomic E-state index is 0.00992. The van der Waals surface area contributed by atoms with Crippen LogP contribution in [-0.2, 0) is 17.8 Å². The van der Waals surface area contributed by atoms with Crippen LogP contribution in [0.15, 0.2) is 41.5 Å². The average Bonchev–Trinajstić information content (AvgIpc) is 2.85. The van der Waals surface area contributed by atoms with Gasteiger partial charge >= 0.3 is 5.97 Å². The first-order valence-corrected chi connectivity index (χ1v) is 13.2. The van der Waals surface area contributed by atoms with Crippen LogP contribution in [0.3, 0.4) is 0 Å². The number of benzene rings is 2. The quantitative estimate of drug-likeness (QED) is 0.165. The van der Waals surface area contributed by atoms with Gasteiger partial charge < -0.3 is 24.6 Å². The summed E-state index contributed by atoms with van der Waals surface area (Å²) in [6.07, 6.45) is 3.34. The number of phenols is 1. The van der Waals surface area contributed by atoms with Crippen LogP contribution in [0, 0.1) is 5.53 Å². The second-order valence-corrected chi connectivity index (χ2v) is 9.84. The average molecular weight is 528 g/mol. The highest BCUT2D eigenvalue weighted by atomic mass is 16.5. The molecule has 2 rings (SSSR count). The molecule has 208 valence electrons. The number of aryl methyl sites for hydroxylation is 1. The molecule has 2 aromatic carbocycles. The van der Waals surface area contributed by atoms with Gasteiger partial charge in [0.15, 0.2) is 0 Å². The Kier molecular flexibility index (Phi) is 12.6. The van der Waals surface area contributed by atoms with Gasteiger partial charge in [0.25, 0.3) is 5.91 Å². The van der Waals surface area contributed by atoms with Gasteiger partial charge in [0.2, 0.25) is 0 Å². The summed E-state index contributed by atoms with van der Waals surface area (Å²) in [4.78, 5) is 25.9. The number of rotatable bonds is 17. The summed E-state index contributed by atoms with van der Waals surface area (Å²) in [6.45, 7) is 9.08. The number of hydrogen-bond acceptors (Lipinski definition) is 7. The van der Waals surface area contributed by atoms with E-state index in [2.05, 4.69) is 5.11 Å². The molecule has 0 unspecified atom stereocenters. The topological polar surface area (TPSA) is 133 Å². The van der Waals surface area contributed by atoms with E-state index in [4.69, 9.17) is 20.1 Å². The van der Waals surface area contributed by atoms with Gasteiger partial charge in [0.1, 0.15) is 17.2 Å². The third-order valence-corrected chi connectivity index (χ3v) is 6.09. The number of aromatic hydroxyl groups is 1. The molecule has 0 saturated carbocycles. The maximum atomic E-state index is 13.2. The zero-order chi connectivity index (χ0) is 28.1. The number of carboxylic acid groups (broad SMARTS) is 1. The predicted octanol–water partition coefficient (Wildman–Crippen LogP) is 6.22. The zero-order valence-corrected chi connectivity index (χ0v) is 22.9. The predicted molar refractivity (Wildman–Crippen MR) is 145 cm³/mol. The van der Waals surface area contributed by atoms with Crippen LogP contribution in [0.2, 0.25) is 0 Å². The van der Waals surface area contributed by atoms with E-state index < -0.39 is 5.97 Å². The molecule has 38 heavy (non-hydrogen) atoms. The molecular formula is C29H41N3O6. The highest BCUT2D eigenvalue weighted by Gasteiger charge is 2.25. The lowest BCUT2D eigenvalue weighted by Crippen LogP contribution is -2.42. The SMILES string of the molecule is CC(C)N(C(=O)c1cc(CCCC(=O)O)c(OCCCCCOc2ccc(CN=N)cc2)cc1O)C(C)C. The fourth-order valence-corrected chi connectivity index (χ4v) is 4.28. The van der Waals surface area contributed by atoms with E-state index in [1.165, 1.54) is 6.07 Å². The Balaban J connectivity index is 1.96. The van der Waals surface area contributed by atoms with Crippen LogP contribution in [0.1, 0.15) is 81.3 Å². The van der Waals surface area contributed by atoms with Crippen LogP contribution in [0.4, 0.5) is 0 Å². The fraction of sp³-hybridized carbons (Fsp3) is 0.517. The van der Waals surface area contributed by atoms with E-state index in [9.17, 15) is 14.7 Å². The summed E-state index contributed by atoms with van der Waals surface area (Å²) in [5.74, 6) is -0.0380. The van der Waals surface area contributed by atoms with Crippen molar-refractivity contribution >= 4 is 11.9 Å². The summed E-state index contributed by atoms with van der Waals surface area (Å²) in [6, 6.07) is 10.6. The molecule has 0 radical (unpaired) electrons. The molecule has 0 saturated heterocycles. The Morgan fingerprint density at radius 3 is 2.16 bits per heavy atom. The fourth-order valence-electron chi connectivity index (χ4n) is 4.28. The number of nitrogens with zero attached hydrogens (tertiary/aromatic N) is 2. The van der Waals surface area contributed by atoms with Crippen molar-refractivity contribution in [2.75, 3.05) is 13.2 Å². The van der Waals surface area contributed by atoms with Crippen molar-refractivity contribution in [3.63, 3.8) is 0 Å². The first-order valence-electron chi connectivity index (χ1n) is 13.2. The molecule has 0 aromatic heterocycles. The smallest absolute Gasteiger partial charge is 0.303 e. The normalized spacial score (nSPS) is 11.0. The molecule has 0 heterocycles. The van der Waals surface area contributed by atoms with E-state index in [-0.39, 0.29) is 35.7 Å². The molecule has 0 atom stereocenters. The highest BCUT2D eigenvalue weighted by molar-refractivity contribution is 5.97. The Morgan fingerprint density at radius 1 is 0.947 bits per heavy atom. The molecule has 0 aliphatic carbocycles. The van der Waals surface area contributed by atoms with Crippen LogP contribution in [-0.4, -0.2) is 52.3 Å². The molecule has 1 amide bonds. The van der Waals surface area contributed by atoms with Crippen LogP contribution < -0.4 is 9.47 Å². The number of nitrogens with one attached hydrogen (secondary N) is 1. The summed E-state index contributed by atoms with van der Waals surface area (Å²) >= 11 is 0. The molecular weight excluding hydrogens is 486 g/mol. The number of carboxylic acids is 1. The number of aliphatic carboxylic acids is 1. The van der Waals surface area contributed by atoms with Gasteiger partial charge in [-0.2, -0.15) is 5.11 Å². The largest absolute Gasteiger partial charge is 0.507 e. The zero-order valence-electron chi connectivity index (χ0n) is 22.9. The van der Waals surface area contributed by atoms with E-state index in [1.807, 2.05) is 52.0 Å². The Morgan fingerprint density at radius 2 is 1.58 bits per heavy atom. The summed E-state index contributed by atoms with van der Waals surface area (Å²) in [7, 11) is 0. The number of ether oxygens (including phenoxy) is 2. The van der Waals surface area contributed by atoms with Gasteiger partial charge in [-0.15, -0.1) is 0 Å². The van der Waals surface area contributed by atoms with Crippen LogP contribution in [0.25, 0.3) is 0 Å². The Hall–Kier alpha value is -3.62. The van der Waals surface area contributed by atoms with Gasteiger partial charge in [-0.05, 0) is 89.1 Å². The number of unbranched alkanes of at least 4 members (excludes halogenated alkanes) is 2. The van der Waals surface area contributed by atoms with E-state index in [0.717, 1.165) is 30.6 Å². The van der Waals surface area contributed by atoms with Crippen molar-refractivity contribution in [3.8, 4) is 17.2 Å². The minimum Gasteiger partial charge on any atom is -0.507 e. The van der Waals surface area contributed by atoms with Crippen molar-refractivity contribution < 1.29 is 29.3 Å². The van der Waals surface area contributed by atoms with Crippen molar-refractivity contribution in [2.45, 2.75) is 84.8 Å². The minimum atomic E-state index is -0.880. The van der Waals surface area contributed by atoms with E-state index in [0.29, 0.717) is 43.9 Å². The lowest BCUT2D eigenvalue weighted by molar-refractivity contribution is -0.137. The number of amides is 1. The second-order valence-electron chi connectivity index (χ2n) is 9.84. The molecule has 0 spiro atoms. The molecule has 0 fully saturated rings. The maximum absolute atomic E-state index is 13.2. The maximum Gasteiger partial charge on any atom is 0.303 e.